The van der Waals surface area contributed by atoms with Gasteiger partial charge in [0.15, 0.2) is 0 Å². The Morgan fingerprint density at radius 2 is 2.19 bits per heavy atom. The number of carbonyl (C=O) groups excluding carboxylic acids is 1. The van der Waals surface area contributed by atoms with Gasteiger partial charge in [0.25, 0.3) is 5.91 Å². The van der Waals surface area contributed by atoms with Gasteiger partial charge in [-0.05, 0) is 24.3 Å². The van der Waals surface area contributed by atoms with Crippen LogP contribution in [0.5, 0.6) is 0 Å². The third kappa shape index (κ3) is 2.55. The minimum absolute atomic E-state index is 0.249. The molecule has 5 heteroatoms. The minimum Gasteiger partial charge on any atom is -0.306 e. The maximum atomic E-state index is 11.7. The number of nitrogens with one attached hydrogen (secondary N) is 1. The van der Waals surface area contributed by atoms with Crippen molar-refractivity contribution < 1.29 is 4.79 Å². The van der Waals surface area contributed by atoms with Crippen molar-refractivity contribution in [3.05, 3.63) is 53.4 Å². The molecule has 1 heterocycles. The van der Waals surface area contributed by atoms with Crippen molar-refractivity contribution in [2.45, 2.75) is 0 Å². The molecule has 0 aliphatic rings. The zero-order valence-electron chi connectivity index (χ0n) is 8.22. The van der Waals surface area contributed by atoms with Crippen molar-refractivity contribution in [1.29, 1.82) is 0 Å². The van der Waals surface area contributed by atoms with Gasteiger partial charge in [-0.15, -0.1) is 0 Å². The molecule has 0 aliphatic carbocycles. The predicted molar refractivity (Wildman–Crippen MR) is 61.4 cm³/mol. The molecule has 2 aromatic rings. The maximum absolute atomic E-state index is 11.7. The summed E-state index contributed by atoms with van der Waals surface area (Å²) < 4.78 is 0. The molecule has 0 bridgehead atoms. The van der Waals surface area contributed by atoms with Gasteiger partial charge in [-0.2, -0.15) is 0 Å². The lowest BCUT2D eigenvalue weighted by molar-refractivity contribution is 0.102. The standard InChI is InChI=1S/C11H8ClN3O/c12-9-3-1-2-8(6-9)11(16)15-10-4-5-13-7-14-10/h1-7H,(H,13,14,15,16). The molecular formula is C11H8ClN3O. The van der Waals surface area contributed by atoms with E-state index < -0.39 is 0 Å². The van der Waals surface area contributed by atoms with Crippen molar-refractivity contribution in [3.8, 4) is 0 Å². The quantitative estimate of drug-likeness (QED) is 0.867. The summed E-state index contributed by atoms with van der Waals surface area (Å²) in [5.74, 6) is 0.209. The average Bonchev–Trinajstić information content (AvgIpc) is 2.30. The molecule has 2 rings (SSSR count). The average molecular weight is 234 g/mol. The van der Waals surface area contributed by atoms with E-state index in [9.17, 15) is 4.79 Å². The number of carbonyl (C=O) groups is 1. The first-order chi connectivity index (χ1) is 7.75. The molecule has 0 aliphatic heterocycles. The van der Waals surface area contributed by atoms with E-state index in [4.69, 9.17) is 11.6 Å². The maximum Gasteiger partial charge on any atom is 0.256 e. The molecule has 0 saturated heterocycles. The molecule has 0 atom stereocenters. The molecule has 0 radical (unpaired) electrons. The number of anilines is 1. The first-order valence-corrected chi connectivity index (χ1v) is 4.96. The summed E-state index contributed by atoms with van der Waals surface area (Å²) in [5.41, 5.74) is 0.492. The molecule has 0 unspecified atom stereocenters. The van der Waals surface area contributed by atoms with Crippen LogP contribution in [0.25, 0.3) is 0 Å². The third-order valence-corrected chi connectivity index (χ3v) is 2.15. The van der Waals surface area contributed by atoms with Crippen molar-refractivity contribution in [2.24, 2.45) is 0 Å². The van der Waals surface area contributed by atoms with E-state index in [0.717, 1.165) is 0 Å². The van der Waals surface area contributed by atoms with Crippen LogP contribution in [0.15, 0.2) is 42.9 Å². The van der Waals surface area contributed by atoms with Gasteiger partial charge < -0.3 is 5.32 Å². The number of benzene rings is 1. The van der Waals surface area contributed by atoms with E-state index in [-0.39, 0.29) is 5.91 Å². The second-order valence-corrected chi connectivity index (χ2v) is 3.50. The predicted octanol–water partition coefficient (Wildman–Crippen LogP) is 2.38. The Balaban J connectivity index is 2.15. The highest BCUT2D eigenvalue weighted by Crippen LogP contribution is 2.12. The van der Waals surface area contributed by atoms with Gasteiger partial charge in [0.1, 0.15) is 12.1 Å². The Kier molecular flexibility index (Phi) is 3.12. The highest BCUT2D eigenvalue weighted by molar-refractivity contribution is 6.31. The number of hydrogen-bond donors (Lipinski definition) is 1. The SMILES string of the molecule is O=C(Nc1ccncn1)c1cccc(Cl)c1. The van der Waals surface area contributed by atoms with Gasteiger partial charge in [-0.1, -0.05) is 17.7 Å². The Hall–Kier alpha value is -1.94. The lowest BCUT2D eigenvalue weighted by atomic mass is 10.2. The van der Waals surface area contributed by atoms with Crippen LogP contribution < -0.4 is 5.32 Å². The summed E-state index contributed by atoms with van der Waals surface area (Å²) in [4.78, 5) is 19.4. The van der Waals surface area contributed by atoms with Crippen LogP contribution in [-0.4, -0.2) is 15.9 Å². The van der Waals surface area contributed by atoms with E-state index in [0.29, 0.717) is 16.4 Å². The lowest BCUT2D eigenvalue weighted by Gasteiger charge is -2.03. The topological polar surface area (TPSA) is 54.9 Å². The van der Waals surface area contributed by atoms with Crippen LogP contribution in [0.3, 0.4) is 0 Å². The smallest absolute Gasteiger partial charge is 0.256 e. The number of amides is 1. The van der Waals surface area contributed by atoms with Crippen molar-refractivity contribution in [3.63, 3.8) is 0 Å². The second kappa shape index (κ2) is 4.72. The van der Waals surface area contributed by atoms with Crippen LogP contribution in [-0.2, 0) is 0 Å². The molecule has 1 N–H and O–H groups in total. The monoisotopic (exact) mass is 233 g/mol. The molecular weight excluding hydrogens is 226 g/mol. The summed E-state index contributed by atoms with van der Waals surface area (Å²) in [7, 11) is 0. The van der Waals surface area contributed by atoms with Crippen LogP contribution in [0, 0.1) is 0 Å². The summed E-state index contributed by atoms with van der Waals surface area (Å²) in [6, 6.07) is 8.32. The van der Waals surface area contributed by atoms with E-state index in [1.54, 1.807) is 36.5 Å². The van der Waals surface area contributed by atoms with Crippen molar-refractivity contribution in [1.82, 2.24) is 9.97 Å². The number of rotatable bonds is 2. The lowest BCUT2D eigenvalue weighted by Crippen LogP contribution is -2.12. The zero-order valence-corrected chi connectivity index (χ0v) is 8.98. The molecule has 1 amide bonds. The van der Waals surface area contributed by atoms with Gasteiger partial charge in [0.2, 0.25) is 0 Å². The van der Waals surface area contributed by atoms with E-state index in [2.05, 4.69) is 15.3 Å². The molecule has 1 aromatic heterocycles. The number of hydrogen-bond acceptors (Lipinski definition) is 3. The fraction of sp³-hybridized carbons (Fsp3) is 0. The minimum atomic E-state index is -0.249. The number of nitrogens with zero attached hydrogens (tertiary/aromatic N) is 2. The Bertz CT molecular complexity index is 502. The van der Waals surface area contributed by atoms with Crippen LogP contribution in [0.4, 0.5) is 5.82 Å². The molecule has 0 saturated carbocycles. The first kappa shape index (κ1) is 10.6. The van der Waals surface area contributed by atoms with E-state index in [1.165, 1.54) is 6.33 Å². The number of halogens is 1. The second-order valence-electron chi connectivity index (χ2n) is 3.06. The Labute approximate surface area is 97.3 Å². The third-order valence-electron chi connectivity index (χ3n) is 1.91. The highest BCUT2D eigenvalue weighted by Gasteiger charge is 2.06. The molecule has 16 heavy (non-hydrogen) atoms. The normalized spacial score (nSPS) is 9.81. The largest absolute Gasteiger partial charge is 0.306 e. The van der Waals surface area contributed by atoms with Gasteiger partial charge in [-0.3, -0.25) is 4.79 Å². The highest BCUT2D eigenvalue weighted by atomic mass is 35.5. The summed E-state index contributed by atoms with van der Waals surface area (Å²) >= 11 is 5.79. The fourth-order valence-electron chi connectivity index (χ4n) is 1.18. The zero-order chi connectivity index (χ0) is 11.4. The van der Waals surface area contributed by atoms with Gasteiger partial charge in [0, 0.05) is 16.8 Å². The van der Waals surface area contributed by atoms with Crippen LogP contribution >= 0.6 is 11.6 Å². The summed E-state index contributed by atoms with van der Waals surface area (Å²) in [6.07, 6.45) is 2.92. The Morgan fingerprint density at radius 1 is 1.31 bits per heavy atom. The van der Waals surface area contributed by atoms with Gasteiger partial charge in [0.05, 0.1) is 0 Å². The molecule has 80 valence electrons. The van der Waals surface area contributed by atoms with Crippen molar-refractivity contribution >= 4 is 23.3 Å². The van der Waals surface area contributed by atoms with E-state index >= 15 is 0 Å². The van der Waals surface area contributed by atoms with Gasteiger partial charge >= 0.3 is 0 Å². The molecule has 0 fully saturated rings. The Morgan fingerprint density at radius 3 is 2.88 bits per heavy atom. The fourth-order valence-corrected chi connectivity index (χ4v) is 1.37. The van der Waals surface area contributed by atoms with E-state index in [1.807, 2.05) is 0 Å². The summed E-state index contributed by atoms with van der Waals surface area (Å²) in [6.45, 7) is 0. The van der Waals surface area contributed by atoms with Gasteiger partial charge in [-0.25, -0.2) is 9.97 Å². The van der Waals surface area contributed by atoms with Crippen LogP contribution in [0.1, 0.15) is 10.4 Å². The molecule has 0 spiro atoms. The number of aromatic nitrogens is 2. The van der Waals surface area contributed by atoms with Crippen molar-refractivity contribution in [2.75, 3.05) is 5.32 Å². The molecule has 4 nitrogen and oxygen atoms in total. The molecule has 1 aromatic carbocycles. The first-order valence-electron chi connectivity index (χ1n) is 4.58. The van der Waals surface area contributed by atoms with Crippen LogP contribution in [0.2, 0.25) is 5.02 Å². The summed E-state index contributed by atoms with van der Waals surface area (Å²) in [5, 5.41) is 3.16.